The van der Waals surface area contributed by atoms with Gasteiger partial charge < -0.3 is 36.2 Å². The second kappa shape index (κ2) is 9.51. The second-order valence-electron chi connectivity index (χ2n) is 8.43. The summed E-state index contributed by atoms with van der Waals surface area (Å²) in [5.74, 6) is -3.10. The number of nitrogens with one attached hydrogen (secondary N) is 3. The lowest BCUT2D eigenvalue weighted by atomic mass is 9.90. The highest BCUT2D eigenvalue weighted by atomic mass is 16.8. The van der Waals surface area contributed by atoms with E-state index in [4.69, 9.17) is 9.94 Å². The molecule has 32 heavy (non-hydrogen) atoms. The number of anilines is 1. The van der Waals surface area contributed by atoms with Crippen LogP contribution in [0.4, 0.5) is 5.69 Å². The monoisotopic (exact) mass is 451 g/mol. The summed E-state index contributed by atoms with van der Waals surface area (Å²) in [6, 6.07) is 3.73. The van der Waals surface area contributed by atoms with Gasteiger partial charge in [0.15, 0.2) is 0 Å². The van der Waals surface area contributed by atoms with Gasteiger partial charge in [0.2, 0.25) is 11.6 Å². The molecule has 1 heterocycles. The summed E-state index contributed by atoms with van der Waals surface area (Å²) in [7, 11) is 0. The number of ether oxygens (including phenoxy) is 1. The maximum absolute atomic E-state index is 12.5. The Kier molecular flexibility index (Phi) is 7.44. The fourth-order valence-electron chi connectivity index (χ4n) is 3.26. The van der Waals surface area contributed by atoms with Crippen molar-refractivity contribution in [2.45, 2.75) is 51.5 Å². The number of hydrogen-bond acceptors (Lipinski definition) is 9. The van der Waals surface area contributed by atoms with Gasteiger partial charge in [-0.2, -0.15) is 0 Å². The molecule has 0 spiro atoms. The highest BCUT2D eigenvalue weighted by Gasteiger charge is 2.51. The minimum atomic E-state index is -2.05. The lowest BCUT2D eigenvalue weighted by molar-refractivity contribution is -0.172. The van der Waals surface area contributed by atoms with Crippen molar-refractivity contribution in [2.24, 2.45) is 5.92 Å². The molecule has 5 N–H and O–H groups in total. The van der Waals surface area contributed by atoms with Gasteiger partial charge in [-0.15, -0.1) is 0 Å². The maximum atomic E-state index is 12.5. The van der Waals surface area contributed by atoms with Crippen LogP contribution in [0.2, 0.25) is 0 Å². The number of hydrogen-bond donors (Lipinski definition) is 5. The topological polar surface area (TPSA) is 180 Å². The van der Waals surface area contributed by atoms with Gasteiger partial charge in [0.1, 0.15) is 18.2 Å². The Morgan fingerprint density at radius 2 is 1.88 bits per heavy atom. The van der Waals surface area contributed by atoms with Crippen LogP contribution in [0.15, 0.2) is 24.3 Å². The van der Waals surface area contributed by atoms with Crippen molar-refractivity contribution in [3.8, 4) is 0 Å². The van der Waals surface area contributed by atoms with Crippen LogP contribution in [0, 0.1) is 11.1 Å². The molecule has 0 radical (unpaired) electrons. The van der Waals surface area contributed by atoms with E-state index in [1.807, 2.05) is 0 Å². The Hall–Kier alpha value is -3.22. The molecule has 2 atom stereocenters. The van der Waals surface area contributed by atoms with E-state index >= 15 is 0 Å². The SMILES string of the molecule is CC(C)C[C@]1(O)NC(=O)[C@@H](C(C)(C)OC(=O)CNC(=O)c2ccc(N([O-])O)cc2)NC1=O. The zero-order chi connectivity index (χ0) is 24.3. The molecule has 3 amide bonds. The molecule has 0 unspecified atom stereocenters. The third kappa shape index (κ3) is 5.93. The van der Waals surface area contributed by atoms with Crippen LogP contribution >= 0.6 is 0 Å². The van der Waals surface area contributed by atoms with Crippen molar-refractivity contribution in [1.82, 2.24) is 16.0 Å². The Morgan fingerprint density at radius 1 is 1.28 bits per heavy atom. The average molecular weight is 451 g/mol. The van der Waals surface area contributed by atoms with Crippen molar-refractivity contribution in [3.63, 3.8) is 0 Å². The molecule has 0 aromatic heterocycles. The second-order valence-corrected chi connectivity index (χ2v) is 8.43. The molecule has 1 saturated heterocycles. The van der Waals surface area contributed by atoms with Crippen LogP contribution in [-0.2, 0) is 19.1 Å². The van der Waals surface area contributed by atoms with Crippen LogP contribution < -0.4 is 21.2 Å². The van der Waals surface area contributed by atoms with E-state index in [9.17, 15) is 29.5 Å². The van der Waals surface area contributed by atoms with E-state index in [0.717, 1.165) is 0 Å². The first-order chi connectivity index (χ1) is 14.7. The molecule has 1 aromatic carbocycles. The number of piperazine rings is 1. The zero-order valence-electron chi connectivity index (χ0n) is 18.2. The molecule has 1 fully saturated rings. The average Bonchev–Trinajstić information content (AvgIpc) is 2.67. The Bertz CT molecular complexity index is 884. The molecule has 1 aliphatic rings. The van der Waals surface area contributed by atoms with Gasteiger partial charge >= 0.3 is 5.97 Å². The van der Waals surface area contributed by atoms with Crippen molar-refractivity contribution in [3.05, 3.63) is 35.0 Å². The van der Waals surface area contributed by atoms with E-state index in [0.29, 0.717) is 0 Å². The summed E-state index contributed by atoms with van der Waals surface area (Å²) >= 11 is 0. The van der Waals surface area contributed by atoms with Gasteiger partial charge in [0.25, 0.3) is 11.8 Å². The van der Waals surface area contributed by atoms with Gasteiger partial charge in [-0.05, 0) is 44.0 Å². The smallest absolute Gasteiger partial charge is 0.326 e. The molecule has 2 rings (SSSR count). The molecule has 0 bridgehead atoms. The van der Waals surface area contributed by atoms with Gasteiger partial charge in [0.05, 0.1) is 5.69 Å². The molecule has 176 valence electrons. The predicted octanol–water partition coefficient (Wildman–Crippen LogP) is -0.219. The number of amides is 3. The van der Waals surface area contributed by atoms with Crippen molar-refractivity contribution < 1.29 is 34.2 Å². The van der Waals surface area contributed by atoms with Gasteiger partial charge in [0, 0.05) is 12.0 Å². The predicted molar refractivity (Wildman–Crippen MR) is 111 cm³/mol. The standard InChI is InChI=1S/C20H27N4O8/c1-11(2)9-20(29)18(28)22-15(17(27)23-20)19(3,4)32-14(25)10-21-16(26)12-5-7-13(8-6-12)24(30)31/h5-8,11,15,29-30H,9-10H2,1-4H3,(H,21,26)(H,22,28)(H,23,27)/q-1/t15-,20+/m0/s1. The van der Waals surface area contributed by atoms with Crippen molar-refractivity contribution in [1.29, 1.82) is 0 Å². The normalized spacial score (nSPS) is 20.9. The van der Waals surface area contributed by atoms with E-state index in [-0.39, 0.29) is 28.8 Å². The van der Waals surface area contributed by atoms with Crippen LogP contribution in [0.3, 0.4) is 0 Å². The molecular weight excluding hydrogens is 424 g/mol. The summed E-state index contributed by atoms with van der Waals surface area (Å²) < 4.78 is 5.29. The summed E-state index contributed by atoms with van der Waals surface area (Å²) in [6.07, 6.45) is 0.00960. The van der Waals surface area contributed by atoms with Gasteiger partial charge in [-0.25, -0.2) is 0 Å². The summed E-state index contributed by atoms with van der Waals surface area (Å²) in [4.78, 5) is 49.2. The lowest BCUT2D eigenvalue weighted by Crippen LogP contribution is -2.74. The third-order valence-corrected chi connectivity index (χ3v) is 4.76. The van der Waals surface area contributed by atoms with E-state index < -0.39 is 47.6 Å². The van der Waals surface area contributed by atoms with Crippen molar-refractivity contribution in [2.75, 3.05) is 11.8 Å². The number of benzene rings is 1. The third-order valence-electron chi connectivity index (χ3n) is 4.76. The number of carbonyl (C=O) groups excluding carboxylic acids is 4. The van der Waals surface area contributed by atoms with Crippen LogP contribution in [0.1, 0.15) is 44.5 Å². The molecule has 1 aromatic rings. The first-order valence-corrected chi connectivity index (χ1v) is 9.87. The molecule has 0 aliphatic carbocycles. The number of nitrogens with zero attached hydrogens (tertiary/aromatic N) is 1. The molecular formula is C20H27N4O8-. The number of esters is 1. The molecule has 12 heteroatoms. The molecule has 0 saturated carbocycles. The van der Waals surface area contributed by atoms with Crippen LogP contribution in [-0.4, -0.2) is 57.9 Å². The Labute approximate surface area is 184 Å². The van der Waals surface area contributed by atoms with E-state index in [1.165, 1.54) is 38.1 Å². The van der Waals surface area contributed by atoms with Crippen LogP contribution in [0.5, 0.6) is 0 Å². The zero-order valence-corrected chi connectivity index (χ0v) is 18.2. The first kappa shape index (κ1) is 25.0. The largest absolute Gasteiger partial charge is 0.733 e. The van der Waals surface area contributed by atoms with Gasteiger partial charge in [-0.3, -0.25) is 24.4 Å². The maximum Gasteiger partial charge on any atom is 0.326 e. The van der Waals surface area contributed by atoms with Crippen LogP contribution in [0.25, 0.3) is 0 Å². The summed E-state index contributed by atoms with van der Waals surface area (Å²) in [5.41, 5.74) is -3.48. The van der Waals surface area contributed by atoms with E-state index in [2.05, 4.69) is 16.0 Å². The number of carbonyl (C=O) groups is 4. The first-order valence-electron chi connectivity index (χ1n) is 9.87. The summed E-state index contributed by atoms with van der Waals surface area (Å²) in [5, 5.41) is 36.6. The fraction of sp³-hybridized carbons (Fsp3) is 0.500. The molecule has 1 aliphatic heterocycles. The highest BCUT2D eigenvalue weighted by molar-refractivity contribution is 5.99. The highest BCUT2D eigenvalue weighted by Crippen LogP contribution is 2.23. The minimum absolute atomic E-state index is 0.00960. The summed E-state index contributed by atoms with van der Waals surface area (Å²) in [6.45, 7) is 5.85. The minimum Gasteiger partial charge on any atom is -0.733 e. The number of rotatable bonds is 8. The molecule has 12 nitrogen and oxygen atoms in total. The van der Waals surface area contributed by atoms with Crippen molar-refractivity contribution >= 4 is 29.4 Å². The number of aliphatic hydroxyl groups is 1. The Balaban J connectivity index is 1.95. The quantitative estimate of drug-likeness (QED) is 0.264. The fourth-order valence-corrected chi connectivity index (χ4v) is 3.26. The van der Waals surface area contributed by atoms with Gasteiger partial charge in [-0.1, -0.05) is 13.8 Å². The Morgan fingerprint density at radius 3 is 2.41 bits per heavy atom. The lowest BCUT2D eigenvalue weighted by Gasteiger charge is -2.42. The van der Waals surface area contributed by atoms with E-state index in [1.54, 1.807) is 13.8 Å².